The highest BCUT2D eigenvalue weighted by atomic mass is 16.7. The third-order valence-corrected chi connectivity index (χ3v) is 9.46. The maximum Gasteiger partial charge on any atom is 0.224 e. The van der Waals surface area contributed by atoms with Gasteiger partial charge in [0.2, 0.25) is 11.8 Å². The summed E-state index contributed by atoms with van der Waals surface area (Å²) in [6, 6.07) is 41.7. The van der Waals surface area contributed by atoms with E-state index >= 15 is 0 Å². The number of amides is 2. The molecule has 5 N–H and O–H groups in total. The second-order valence-electron chi connectivity index (χ2n) is 13.6. The summed E-state index contributed by atoms with van der Waals surface area (Å²) in [5, 5.41) is 15.4. The average Bonchev–Trinajstić information content (AvgIpc) is 3.18. The fourth-order valence-corrected chi connectivity index (χ4v) is 6.63. The Bertz CT molecular complexity index is 1930. The van der Waals surface area contributed by atoms with Gasteiger partial charge in [-0.05, 0) is 59.0 Å². The molecule has 0 radical (unpaired) electrons. The SMILES string of the molecule is CN(Cc1ccccc1)CC1CC(c2ccc(CO)cc2)OC(c2ccc(-c3ccccc3CNC(=O)CCCC(=O)Nc3ccccc3N)cc2)O1. The molecule has 0 bridgehead atoms. The molecule has 5 aromatic rings. The molecule has 0 aromatic heterocycles. The third kappa shape index (κ3) is 10.6. The first-order chi connectivity index (χ1) is 25.8. The summed E-state index contributed by atoms with van der Waals surface area (Å²) in [4.78, 5) is 27.4. The number of hydrogen-bond donors (Lipinski definition) is 4. The Labute approximate surface area is 311 Å². The van der Waals surface area contributed by atoms with E-state index in [0.29, 0.717) is 30.8 Å². The lowest BCUT2D eigenvalue weighted by Crippen LogP contribution is -2.37. The zero-order valence-electron chi connectivity index (χ0n) is 30.1. The largest absolute Gasteiger partial charge is 0.397 e. The van der Waals surface area contributed by atoms with Gasteiger partial charge in [-0.2, -0.15) is 0 Å². The van der Waals surface area contributed by atoms with Crippen LogP contribution in [-0.4, -0.2) is 41.5 Å². The normalized spacial score (nSPS) is 17.0. The summed E-state index contributed by atoms with van der Waals surface area (Å²) in [6.45, 7) is 1.93. The molecule has 1 aliphatic rings. The number of rotatable bonds is 15. The lowest BCUT2D eigenvalue weighted by Gasteiger charge is -2.38. The molecule has 3 atom stereocenters. The summed E-state index contributed by atoms with van der Waals surface area (Å²) < 4.78 is 13.2. The molecule has 0 aliphatic carbocycles. The Balaban J connectivity index is 1.08. The zero-order chi connectivity index (χ0) is 37.0. The molecule has 1 heterocycles. The number of anilines is 2. The molecule has 5 aromatic carbocycles. The summed E-state index contributed by atoms with van der Waals surface area (Å²) in [5.74, 6) is -0.287. The van der Waals surface area contributed by atoms with Crippen molar-refractivity contribution in [2.24, 2.45) is 0 Å². The van der Waals surface area contributed by atoms with E-state index in [4.69, 9.17) is 15.2 Å². The summed E-state index contributed by atoms with van der Waals surface area (Å²) in [5.41, 5.74) is 14.1. The van der Waals surface area contributed by atoms with Crippen molar-refractivity contribution in [2.45, 2.75) is 63.9 Å². The van der Waals surface area contributed by atoms with E-state index in [1.165, 1.54) is 5.56 Å². The first-order valence-electron chi connectivity index (χ1n) is 18.2. The molecule has 6 rings (SSSR count). The average molecular weight is 713 g/mol. The minimum Gasteiger partial charge on any atom is -0.397 e. The van der Waals surface area contributed by atoms with Gasteiger partial charge in [-0.1, -0.05) is 115 Å². The zero-order valence-corrected chi connectivity index (χ0v) is 30.1. The maximum atomic E-state index is 12.7. The van der Waals surface area contributed by atoms with Crippen LogP contribution in [0.25, 0.3) is 11.1 Å². The van der Waals surface area contributed by atoms with Crippen molar-refractivity contribution in [3.63, 3.8) is 0 Å². The lowest BCUT2D eigenvalue weighted by molar-refractivity contribution is -0.252. The van der Waals surface area contributed by atoms with Gasteiger partial charge in [0, 0.05) is 44.5 Å². The highest BCUT2D eigenvalue weighted by molar-refractivity contribution is 5.94. The minimum atomic E-state index is -0.558. The molecule has 0 saturated carbocycles. The number of nitrogens with one attached hydrogen (secondary N) is 2. The molecule has 274 valence electrons. The van der Waals surface area contributed by atoms with Crippen molar-refractivity contribution in [3.8, 4) is 11.1 Å². The van der Waals surface area contributed by atoms with Gasteiger partial charge >= 0.3 is 0 Å². The van der Waals surface area contributed by atoms with E-state index in [1.807, 2.05) is 72.8 Å². The summed E-state index contributed by atoms with van der Waals surface area (Å²) >= 11 is 0. The second kappa shape index (κ2) is 18.4. The third-order valence-electron chi connectivity index (χ3n) is 9.46. The Morgan fingerprint density at radius 3 is 2.21 bits per heavy atom. The van der Waals surface area contributed by atoms with Crippen molar-refractivity contribution in [2.75, 3.05) is 24.6 Å². The first-order valence-corrected chi connectivity index (χ1v) is 18.2. The van der Waals surface area contributed by atoms with Crippen LogP contribution >= 0.6 is 0 Å². The van der Waals surface area contributed by atoms with E-state index in [9.17, 15) is 14.7 Å². The number of nitrogen functional groups attached to an aromatic ring is 1. The van der Waals surface area contributed by atoms with Crippen LogP contribution in [0.5, 0.6) is 0 Å². The van der Waals surface area contributed by atoms with E-state index in [2.05, 4.69) is 65.0 Å². The molecular weight excluding hydrogens is 665 g/mol. The molecule has 9 nitrogen and oxygen atoms in total. The fraction of sp³-hybridized carbons (Fsp3) is 0.273. The van der Waals surface area contributed by atoms with E-state index < -0.39 is 6.29 Å². The minimum absolute atomic E-state index is 0.00149. The van der Waals surface area contributed by atoms with Crippen LogP contribution in [0.3, 0.4) is 0 Å². The van der Waals surface area contributed by atoms with Crippen LogP contribution in [0.2, 0.25) is 0 Å². The van der Waals surface area contributed by atoms with Crippen LogP contribution in [0.15, 0.2) is 127 Å². The Kier molecular flexibility index (Phi) is 13.0. The fourth-order valence-electron chi connectivity index (χ4n) is 6.63. The van der Waals surface area contributed by atoms with Crippen molar-refractivity contribution < 1.29 is 24.2 Å². The topological polar surface area (TPSA) is 126 Å². The monoisotopic (exact) mass is 712 g/mol. The molecule has 0 spiro atoms. The number of likely N-dealkylation sites (N-methyl/N-ethyl adjacent to an activating group) is 1. The summed E-state index contributed by atoms with van der Waals surface area (Å²) in [7, 11) is 2.11. The number of carbonyl (C=O) groups is 2. The quantitative estimate of drug-likeness (QED) is 0.0827. The second-order valence-corrected chi connectivity index (χ2v) is 13.6. The number of hydrogen-bond acceptors (Lipinski definition) is 7. The Morgan fingerprint density at radius 2 is 1.45 bits per heavy atom. The van der Waals surface area contributed by atoms with Crippen molar-refractivity contribution in [3.05, 3.63) is 155 Å². The maximum absolute atomic E-state index is 12.7. The predicted octanol–water partition coefficient (Wildman–Crippen LogP) is 7.53. The standard InChI is InChI=1S/C44H48N4O5/c1-48(28-31-10-3-2-4-11-31)29-37-26-41(34-20-18-32(30-49)19-21-34)53-44(52-37)35-24-22-33(23-25-35)38-13-6-5-12-36(38)27-46-42(50)16-9-17-43(51)47-40-15-8-7-14-39(40)45/h2-8,10-15,18-25,37,41,44,49H,9,16-17,26-30,45H2,1H3,(H,46,50)(H,47,51). The number of para-hydroxylation sites is 2. The molecule has 1 aliphatic heterocycles. The molecule has 53 heavy (non-hydrogen) atoms. The van der Waals surface area contributed by atoms with Crippen LogP contribution in [0, 0.1) is 0 Å². The number of aliphatic hydroxyl groups excluding tert-OH is 1. The molecule has 1 saturated heterocycles. The number of carbonyl (C=O) groups excluding carboxylic acids is 2. The van der Waals surface area contributed by atoms with Gasteiger partial charge < -0.3 is 30.9 Å². The summed E-state index contributed by atoms with van der Waals surface area (Å²) in [6.07, 6.45) is 0.812. The van der Waals surface area contributed by atoms with Crippen LogP contribution in [0.4, 0.5) is 11.4 Å². The van der Waals surface area contributed by atoms with Crippen molar-refractivity contribution in [1.29, 1.82) is 0 Å². The van der Waals surface area contributed by atoms with Gasteiger partial charge in [0.05, 0.1) is 30.2 Å². The number of benzene rings is 5. The Hall–Kier alpha value is -5.32. The smallest absolute Gasteiger partial charge is 0.224 e. The number of ether oxygens (including phenoxy) is 2. The molecule has 3 unspecified atom stereocenters. The van der Waals surface area contributed by atoms with Crippen LogP contribution in [0.1, 0.15) is 65.9 Å². The number of nitrogens with two attached hydrogens (primary N) is 1. The van der Waals surface area contributed by atoms with Gasteiger partial charge in [0.25, 0.3) is 0 Å². The van der Waals surface area contributed by atoms with E-state index in [0.717, 1.165) is 46.5 Å². The highest BCUT2D eigenvalue weighted by Crippen LogP contribution is 2.39. The Morgan fingerprint density at radius 1 is 0.774 bits per heavy atom. The number of nitrogens with zero attached hydrogens (tertiary/aromatic N) is 1. The highest BCUT2D eigenvalue weighted by Gasteiger charge is 2.33. The number of aliphatic hydroxyl groups is 1. The van der Waals surface area contributed by atoms with Crippen molar-refractivity contribution in [1.82, 2.24) is 10.2 Å². The van der Waals surface area contributed by atoms with Crippen molar-refractivity contribution >= 4 is 23.2 Å². The first kappa shape index (κ1) is 37.4. The van der Waals surface area contributed by atoms with E-state index in [1.54, 1.807) is 12.1 Å². The molecular formula is C44H48N4O5. The lowest BCUT2D eigenvalue weighted by atomic mass is 9.97. The van der Waals surface area contributed by atoms with Gasteiger partial charge in [0.1, 0.15) is 0 Å². The molecule has 2 amide bonds. The predicted molar refractivity (Wildman–Crippen MR) is 208 cm³/mol. The molecule has 1 fully saturated rings. The van der Waals surface area contributed by atoms with Crippen LogP contribution < -0.4 is 16.4 Å². The molecule has 9 heteroatoms. The van der Waals surface area contributed by atoms with E-state index in [-0.39, 0.29) is 43.5 Å². The van der Waals surface area contributed by atoms with Gasteiger partial charge in [-0.25, -0.2) is 0 Å². The van der Waals surface area contributed by atoms with Crippen LogP contribution in [-0.2, 0) is 38.8 Å². The van der Waals surface area contributed by atoms with Gasteiger partial charge in [-0.15, -0.1) is 0 Å². The van der Waals surface area contributed by atoms with Gasteiger partial charge in [-0.3, -0.25) is 14.5 Å². The van der Waals surface area contributed by atoms with Gasteiger partial charge in [0.15, 0.2) is 6.29 Å².